The number of phenolic OH excluding ortho intramolecular Hbond substituents is 1. The average Bonchev–Trinajstić information content (AvgIpc) is 2.76. The third kappa shape index (κ3) is 5.80. The van der Waals surface area contributed by atoms with Gasteiger partial charge in [0.15, 0.2) is 11.6 Å². The minimum absolute atomic E-state index is 0.150. The molecule has 0 fully saturated rings. The van der Waals surface area contributed by atoms with Gasteiger partial charge in [-0.15, -0.1) is 0 Å². The predicted octanol–water partition coefficient (Wildman–Crippen LogP) is 5.20. The minimum atomic E-state index is 0.150. The summed E-state index contributed by atoms with van der Waals surface area (Å²) in [4.78, 5) is 9.01. The quantitative estimate of drug-likeness (QED) is 0.302. The van der Waals surface area contributed by atoms with Gasteiger partial charge < -0.3 is 9.84 Å². The molecule has 1 aromatic heterocycles. The number of unbranched alkanes of at least 4 members (excludes halogenated alkanes) is 2. The van der Waals surface area contributed by atoms with Gasteiger partial charge >= 0.3 is 0 Å². The number of hydrazone groups is 1. The SMILES string of the molecule is CCCCCOc1ccc(/C=N/N(C)c2cc(C)nc(-c3ccccc3O)n2)cc1. The Morgan fingerprint density at radius 2 is 1.83 bits per heavy atom. The van der Waals surface area contributed by atoms with E-state index in [0.29, 0.717) is 17.2 Å². The van der Waals surface area contributed by atoms with Crippen LogP contribution < -0.4 is 9.75 Å². The summed E-state index contributed by atoms with van der Waals surface area (Å²) in [7, 11) is 1.83. The van der Waals surface area contributed by atoms with Crippen LogP contribution in [0.15, 0.2) is 59.7 Å². The maximum Gasteiger partial charge on any atom is 0.165 e. The van der Waals surface area contributed by atoms with Gasteiger partial charge in [-0.1, -0.05) is 31.9 Å². The lowest BCUT2D eigenvalue weighted by Crippen LogP contribution is -2.12. The molecule has 156 valence electrons. The van der Waals surface area contributed by atoms with Crippen LogP contribution in [0.3, 0.4) is 0 Å². The monoisotopic (exact) mass is 404 g/mol. The molecule has 0 aliphatic heterocycles. The summed E-state index contributed by atoms with van der Waals surface area (Å²) in [6, 6.07) is 16.8. The number of benzene rings is 2. The summed E-state index contributed by atoms with van der Waals surface area (Å²) >= 11 is 0. The van der Waals surface area contributed by atoms with Gasteiger partial charge in [-0.05, 0) is 55.3 Å². The van der Waals surface area contributed by atoms with Crippen LogP contribution in [0.2, 0.25) is 0 Å². The van der Waals surface area contributed by atoms with Crippen LogP contribution in [0.1, 0.15) is 37.4 Å². The molecule has 3 aromatic rings. The Bertz CT molecular complexity index is 987. The minimum Gasteiger partial charge on any atom is -0.507 e. The number of para-hydroxylation sites is 1. The Morgan fingerprint density at radius 3 is 2.57 bits per heavy atom. The maximum absolute atomic E-state index is 10.1. The number of phenols is 1. The molecule has 0 amide bonds. The van der Waals surface area contributed by atoms with Crippen LogP contribution in [0, 0.1) is 6.92 Å². The van der Waals surface area contributed by atoms with E-state index in [9.17, 15) is 5.11 Å². The van der Waals surface area contributed by atoms with E-state index in [1.807, 2.05) is 50.4 Å². The highest BCUT2D eigenvalue weighted by atomic mass is 16.5. The van der Waals surface area contributed by atoms with E-state index in [4.69, 9.17) is 4.74 Å². The Kier molecular flexibility index (Phi) is 7.38. The van der Waals surface area contributed by atoms with Crippen molar-refractivity contribution in [3.05, 3.63) is 65.9 Å². The molecule has 0 spiro atoms. The highest BCUT2D eigenvalue weighted by molar-refractivity contribution is 5.80. The molecule has 2 aromatic carbocycles. The Morgan fingerprint density at radius 1 is 1.07 bits per heavy atom. The number of ether oxygens (including phenoxy) is 1. The normalized spacial score (nSPS) is 11.0. The van der Waals surface area contributed by atoms with Gasteiger partial charge in [0.1, 0.15) is 11.5 Å². The van der Waals surface area contributed by atoms with Gasteiger partial charge in [0, 0.05) is 18.8 Å². The van der Waals surface area contributed by atoms with Crippen molar-refractivity contribution in [3.8, 4) is 22.9 Å². The molecule has 0 aliphatic carbocycles. The second-order valence-corrected chi connectivity index (χ2v) is 7.10. The third-order valence-corrected chi connectivity index (χ3v) is 4.59. The van der Waals surface area contributed by atoms with Crippen LogP contribution in [0.5, 0.6) is 11.5 Å². The van der Waals surface area contributed by atoms with Gasteiger partial charge in [-0.25, -0.2) is 9.97 Å². The number of rotatable bonds is 9. The molecule has 0 saturated carbocycles. The van der Waals surface area contributed by atoms with Crippen LogP contribution >= 0.6 is 0 Å². The number of aromatic nitrogens is 2. The first-order valence-electron chi connectivity index (χ1n) is 10.2. The molecule has 6 heteroatoms. The van der Waals surface area contributed by atoms with Crippen molar-refractivity contribution in [1.82, 2.24) is 9.97 Å². The van der Waals surface area contributed by atoms with E-state index < -0.39 is 0 Å². The number of hydrogen-bond donors (Lipinski definition) is 1. The molecule has 0 saturated heterocycles. The number of aromatic hydroxyl groups is 1. The highest BCUT2D eigenvalue weighted by Gasteiger charge is 2.11. The van der Waals surface area contributed by atoms with Gasteiger partial charge in [-0.3, -0.25) is 5.01 Å². The lowest BCUT2D eigenvalue weighted by atomic mass is 10.2. The van der Waals surface area contributed by atoms with E-state index in [1.165, 1.54) is 12.8 Å². The van der Waals surface area contributed by atoms with Crippen LogP contribution in [-0.4, -0.2) is 34.9 Å². The second-order valence-electron chi connectivity index (χ2n) is 7.10. The van der Waals surface area contributed by atoms with Crippen molar-refractivity contribution in [2.45, 2.75) is 33.1 Å². The summed E-state index contributed by atoms with van der Waals surface area (Å²) in [5, 5.41) is 16.3. The van der Waals surface area contributed by atoms with Crippen LogP contribution in [0.4, 0.5) is 5.82 Å². The summed E-state index contributed by atoms with van der Waals surface area (Å²) < 4.78 is 5.74. The molecule has 0 atom stereocenters. The molecule has 0 bridgehead atoms. The smallest absolute Gasteiger partial charge is 0.165 e. The number of nitrogens with zero attached hydrogens (tertiary/aromatic N) is 4. The number of anilines is 1. The van der Waals surface area contributed by atoms with Crippen molar-refractivity contribution in [1.29, 1.82) is 0 Å². The van der Waals surface area contributed by atoms with E-state index in [1.54, 1.807) is 29.4 Å². The third-order valence-electron chi connectivity index (χ3n) is 4.59. The summed E-state index contributed by atoms with van der Waals surface area (Å²) in [5.74, 6) is 2.13. The first-order valence-corrected chi connectivity index (χ1v) is 10.2. The Labute approximate surface area is 177 Å². The standard InChI is InChI=1S/C24H28N4O2/c1-4-5-8-15-30-20-13-11-19(12-14-20)17-25-28(3)23-16-18(2)26-24(27-23)21-9-6-7-10-22(21)29/h6-7,9-14,16-17,29H,4-5,8,15H2,1-3H3/b25-17+. The highest BCUT2D eigenvalue weighted by Crippen LogP contribution is 2.27. The molecular weight excluding hydrogens is 376 g/mol. The molecule has 3 rings (SSSR count). The molecule has 1 heterocycles. The van der Waals surface area contributed by atoms with Crippen molar-refractivity contribution in [3.63, 3.8) is 0 Å². The van der Waals surface area contributed by atoms with Crippen molar-refractivity contribution < 1.29 is 9.84 Å². The van der Waals surface area contributed by atoms with Crippen LogP contribution in [-0.2, 0) is 0 Å². The predicted molar refractivity (Wildman–Crippen MR) is 121 cm³/mol. The first-order chi connectivity index (χ1) is 14.6. The average molecular weight is 405 g/mol. The zero-order valence-electron chi connectivity index (χ0n) is 17.7. The van der Waals surface area contributed by atoms with Gasteiger partial charge in [0.05, 0.1) is 18.4 Å². The zero-order valence-corrected chi connectivity index (χ0v) is 17.7. The summed E-state index contributed by atoms with van der Waals surface area (Å²) in [6.45, 7) is 4.82. The topological polar surface area (TPSA) is 70.8 Å². The summed E-state index contributed by atoms with van der Waals surface area (Å²) in [6.07, 6.45) is 5.22. The molecule has 0 radical (unpaired) electrons. The fraction of sp³-hybridized carbons (Fsp3) is 0.292. The van der Waals surface area contributed by atoms with E-state index in [2.05, 4.69) is 22.0 Å². The molecule has 0 unspecified atom stereocenters. The summed E-state index contributed by atoms with van der Waals surface area (Å²) in [5.41, 5.74) is 2.36. The fourth-order valence-electron chi connectivity index (χ4n) is 2.91. The number of aryl methyl sites for hydroxylation is 1. The van der Waals surface area contributed by atoms with E-state index in [-0.39, 0.29) is 5.75 Å². The lowest BCUT2D eigenvalue weighted by molar-refractivity contribution is 0.306. The van der Waals surface area contributed by atoms with Crippen molar-refractivity contribution >= 4 is 12.0 Å². The van der Waals surface area contributed by atoms with Crippen molar-refractivity contribution in [2.75, 3.05) is 18.7 Å². The molecule has 1 N–H and O–H groups in total. The number of hydrogen-bond acceptors (Lipinski definition) is 6. The van der Waals surface area contributed by atoms with Gasteiger partial charge in [0.2, 0.25) is 0 Å². The Balaban J connectivity index is 1.69. The lowest BCUT2D eigenvalue weighted by Gasteiger charge is -2.14. The van der Waals surface area contributed by atoms with E-state index >= 15 is 0 Å². The largest absolute Gasteiger partial charge is 0.507 e. The zero-order chi connectivity index (χ0) is 21.3. The first kappa shape index (κ1) is 21.3. The maximum atomic E-state index is 10.1. The molecule has 6 nitrogen and oxygen atoms in total. The molecule has 30 heavy (non-hydrogen) atoms. The van der Waals surface area contributed by atoms with Crippen molar-refractivity contribution in [2.24, 2.45) is 5.10 Å². The second kappa shape index (κ2) is 10.4. The van der Waals surface area contributed by atoms with E-state index in [0.717, 1.165) is 30.0 Å². The Hall–Kier alpha value is -3.41. The fourth-order valence-corrected chi connectivity index (χ4v) is 2.91. The molecule has 0 aliphatic rings. The molecular formula is C24H28N4O2. The van der Waals surface area contributed by atoms with Crippen LogP contribution in [0.25, 0.3) is 11.4 Å². The van der Waals surface area contributed by atoms with Gasteiger partial charge in [0.25, 0.3) is 0 Å². The van der Waals surface area contributed by atoms with Gasteiger partial charge in [-0.2, -0.15) is 5.10 Å².